The molecule has 2 amide bonds. The highest BCUT2D eigenvalue weighted by atomic mass is 32.2. The largest absolute Gasteiger partial charge is 0.360 e. The number of ether oxygens (including phenoxy) is 1. The van der Waals surface area contributed by atoms with Crippen molar-refractivity contribution in [2.24, 2.45) is 0 Å². The Bertz CT molecular complexity index is 822. The van der Waals surface area contributed by atoms with Crippen molar-refractivity contribution in [3.05, 3.63) is 42.0 Å². The number of benzene rings is 1. The summed E-state index contributed by atoms with van der Waals surface area (Å²) < 4.78 is 33.1. The summed E-state index contributed by atoms with van der Waals surface area (Å²) in [5.74, 6) is -1.66. The molecule has 0 radical (unpaired) electrons. The summed E-state index contributed by atoms with van der Waals surface area (Å²) >= 11 is 0. The molecule has 27 heavy (non-hydrogen) atoms. The lowest BCUT2D eigenvalue weighted by Gasteiger charge is -2.35. The quantitative estimate of drug-likeness (QED) is 0.538. The molecule has 1 saturated heterocycles. The summed E-state index contributed by atoms with van der Waals surface area (Å²) in [4.78, 5) is 23.7. The number of nitrogens with zero attached hydrogens (tertiary/aromatic N) is 1. The van der Waals surface area contributed by atoms with Crippen molar-refractivity contribution >= 4 is 21.8 Å². The fourth-order valence-corrected chi connectivity index (χ4v) is 4.60. The number of carbonyl (C=O) groups excluding carboxylic acids is 2. The van der Waals surface area contributed by atoms with Gasteiger partial charge in [-0.3, -0.25) is 9.59 Å². The van der Waals surface area contributed by atoms with Crippen LogP contribution >= 0.6 is 0 Å². The monoisotopic (exact) mass is 395 g/mol. The molecular formula is C18H25N3O5S. The van der Waals surface area contributed by atoms with E-state index < -0.39 is 28.1 Å². The minimum absolute atomic E-state index is 0.121. The van der Waals surface area contributed by atoms with Crippen molar-refractivity contribution in [2.45, 2.75) is 31.4 Å². The number of rotatable bonds is 6. The van der Waals surface area contributed by atoms with E-state index in [1.165, 1.54) is 10.4 Å². The van der Waals surface area contributed by atoms with Crippen LogP contribution in [0.2, 0.25) is 0 Å². The lowest BCUT2D eigenvalue weighted by Crippen LogP contribution is -2.53. The highest BCUT2D eigenvalue weighted by Gasteiger charge is 2.35. The van der Waals surface area contributed by atoms with Crippen molar-refractivity contribution in [1.82, 2.24) is 14.9 Å². The Morgan fingerprint density at radius 1 is 1.30 bits per heavy atom. The summed E-state index contributed by atoms with van der Waals surface area (Å²) in [6.45, 7) is 7.71. The van der Waals surface area contributed by atoms with Crippen LogP contribution in [0.15, 0.2) is 35.7 Å². The lowest BCUT2D eigenvalue weighted by molar-refractivity contribution is -0.140. The Morgan fingerprint density at radius 2 is 2.00 bits per heavy atom. The van der Waals surface area contributed by atoms with Gasteiger partial charge in [-0.1, -0.05) is 18.2 Å². The molecule has 0 aliphatic carbocycles. The normalized spacial score (nSPS) is 17.9. The van der Waals surface area contributed by atoms with E-state index in [2.05, 4.69) is 17.2 Å². The number of carbonyl (C=O) groups is 2. The van der Waals surface area contributed by atoms with Gasteiger partial charge in [0, 0.05) is 13.1 Å². The van der Waals surface area contributed by atoms with E-state index >= 15 is 0 Å². The SMILES string of the molecule is C=CCNC(=O)C(=O)NC[C@@H]1OCCCN1S(=O)(=O)c1cc(C)ccc1C. The molecule has 2 rings (SSSR count). The van der Waals surface area contributed by atoms with Gasteiger partial charge in [0.1, 0.15) is 6.23 Å². The first-order chi connectivity index (χ1) is 12.8. The third kappa shape index (κ3) is 5.15. The summed E-state index contributed by atoms with van der Waals surface area (Å²) in [6, 6.07) is 5.23. The Balaban J connectivity index is 2.14. The highest BCUT2D eigenvalue weighted by molar-refractivity contribution is 7.89. The van der Waals surface area contributed by atoms with Gasteiger partial charge in [-0.2, -0.15) is 4.31 Å². The van der Waals surface area contributed by atoms with Crippen LogP contribution in [0.5, 0.6) is 0 Å². The first-order valence-corrected chi connectivity index (χ1v) is 10.1. The van der Waals surface area contributed by atoms with Crippen molar-refractivity contribution in [3.8, 4) is 0 Å². The fraction of sp³-hybridized carbons (Fsp3) is 0.444. The van der Waals surface area contributed by atoms with E-state index in [9.17, 15) is 18.0 Å². The standard InChI is InChI=1S/C18H25N3O5S/c1-4-8-19-17(22)18(23)20-12-16-21(9-5-10-26-16)27(24,25)15-11-13(2)6-7-14(15)3/h4,6-7,11,16H,1,5,8-10,12H2,2-3H3,(H,19,22)(H,20,23)/t16-/m0/s1. The van der Waals surface area contributed by atoms with Crippen LogP contribution in [0.3, 0.4) is 0 Å². The molecule has 1 aliphatic rings. The van der Waals surface area contributed by atoms with E-state index in [-0.39, 0.29) is 24.5 Å². The van der Waals surface area contributed by atoms with E-state index in [1.54, 1.807) is 19.1 Å². The molecule has 0 unspecified atom stereocenters. The highest BCUT2D eigenvalue weighted by Crippen LogP contribution is 2.25. The van der Waals surface area contributed by atoms with Crippen molar-refractivity contribution in [3.63, 3.8) is 0 Å². The molecule has 8 nitrogen and oxygen atoms in total. The number of hydrogen-bond donors (Lipinski definition) is 2. The molecule has 148 valence electrons. The molecule has 2 N–H and O–H groups in total. The average molecular weight is 395 g/mol. The summed E-state index contributed by atoms with van der Waals surface area (Å²) in [6.07, 6.45) is 1.13. The van der Waals surface area contributed by atoms with Gasteiger partial charge in [-0.25, -0.2) is 8.42 Å². The molecule has 0 saturated carbocycles. The van der Waals surface area contributed by atoms with Crippen LogP contribution < -0.4 is 10.6 Å². The first-order valence-electron chi connectivity index (χ1n) is 8.65. The Kier molecular flexibility index (Phi) is 7.11. The third-order valence-corrected chi connectivity index (χ3v) is 6.17. The molecule has 1 fully saturated rings. The Hall–Kier alpha value is -2.23. The van der Waals surface area contributed by atoms with Gasteiger partial charge in [-0.15, -0.1) is 6.58 Å². The van der Waals surface area contributed by atoms with Crippen molar-refractivity contribution in [2.75, 3.05) is 26.2 Å². The second-order valence-electron chi connectivity index (χ2n) is 6.27. The minimum Gasteiger partial charge on any atom is -0.360 e. The van der Waals surface area contributed by atoms with Gasteiger partial charge in [0.15, 0.2) is 0 Å². The van der Waals surface area contributed by atoms with Gasteiger partial charge >= 0.3 is 11.8 Å². The van der Waals surface area contributed by atoms with Gasteiger partial charge < -0.3 is 15.4 Å². The summed E-state index contributed by atoms with van der Waals surface area (Å²) in [5.41, 5.74) is 1.47. The van der Waals surface area contributed by atoms with Gasteiger partial charge in [0.25, 0.3) is 0 Å². The fourth-order valence-electron chi connectivity index (χ4n) is 2.72. The van der Waals surface area contributed by atoms with Gasteiger partial charge in [0.05, 0.1) is 18.0 Å². The smallest absolute Gasteiger partial charge is 0.309 e. The number of aryl methyl sites for hydroxylation is 2. The van der Waals surface area contributed by atoms with Crippen LogP contribution in [0.1, 0.15) is 17.5 Å². The molecule has 1 aromatic carbocycles. The molecule has 0 bridgehead atoms. The predicted octanol–water partition coefficient (Wildman–Crippen LogP) is 0.459. The molecule has 1 aromatic rings. The zero-order chi connectivity index (χ0) is 20.0. The van der Waals surface area contributed by atoms with E-state index in [1.807, 2.05) is 13.0 Å². The van der Waals surface area contributed by atoms with Crippen LogP contribution in [0.4, 0.5) is 0 Å². The number of sulfonamides is 1. The number of hydrogen-bond acceptors (Lipinski definition) is 5. The van der Waals surface area contributed by atoms with Gasteiger partial charge in [-0.05, 0) is 37.5 Å². The van der Waals surface area contributed by atoms with Crippen molar-refractivity contribution in [1.29, 1.82) is 0 Å². The van der Waals surface area contributed by atoms with Crippen LogP contribution in [0.25, 0.3) is 0 Å². The number of nitrogens with one attached hydrogen (secondary N) is 2. The van der Waals surface area contributed by atoms with Crippen LogP contribution in [-0.2, 0) is 24.3 Å². The predicted molar refractivity (Wildman–Crippen MR) is 100 cm³/mol. The maximum Gasteiger partial charge on any atom is 0.309 e. The molecule has 1 aliphatic heterocycles. The van der Waals surface area contributed by atoms with E-state index in [0.717, 1.165) is 5.56 Å². The molecule has 9 heteroatoms. The van der Waals surface area contributed by atoms with Crippen LogP contribution in [0, 0.1) is 13.8 Å². The zero-order valence-electron chi connectivity index (χ0n) is 15.5. The van der Waals surface area contributed by atoms with Crippen molar-refractivity contribution < 1.29 is 22.7 Å². The topological polar surface area (TPSA) is 105 Å². The van der Waals surface area contributed by atoms with Crippen LogP contribution in [-0.4, -0.2) is 57.0 Å². The minimum atomic E-state index is -3.80. The molecule has 1 atom stereocenters. The summed E-state index contributed by atoms with van der Waals surface area (Å²) in [7, 11) is -3.80. The Morgan fingerprint density at radius 3 is 2.70 bits per heavy atom. The molecule has 0 aromatic heterocycles. The second-order valence-corrected chi connectivity index (χ2v) is 8.13. The van der Waals surface area contributed by atoms with Gasteiger partial charge in [0.2, 0.25) is 10.0 Å². The average Bonchev–Trinajstić information content (AvgIpc) is 2.66. The third-order valence-electron chi connectivity index (χ3n) is 4.13. The zero-order valence-corrected chi connectivity index (χ0v) is 16.3. The Labute approximate surface area is 159 Å². The maximum atomic E-state index is 13.1. The second kappa shape index (κ2) is 9.12. The molecule has 0 spiro atoms. The maximum absolute atomic E-state index is 13.1. The van der Waals surface area contributed by atoms with E-state index in [0.29, 0.717) is 18.6 Å². The molecule has 1 heterocycles. The first kappa shape index (κ1) is 21.1. The number of amides is 2. The van der Waals surface area contributed by atoms with E-state index in [4.69, 9.17) is 4.74 Å². The molecular weight excluding hydrogens is 370 g/mol. The lowest BCUT2D eigenvalue weighted by atomic mass is 10.2. The summed E-state index contributed by atoms with van der Waals surface area (Å²) in [5, 5.41) is 4.78.